The Hall–Kier alpha value is -1.26. The standard InChI is InChI=1S/C14H22N4/c1-17-8-6-15-10-12(17)11-18-9-7-16-13-4-2-3-5-14(13)18/h2-5,12,15-16H,6-11H2,1H3. The molecule has 18 heavy (non-hydrogen) atoms. The third-order valence-corrected chi connectivity index (χ3v) is 4.02. The zero-order valence-electron chi connectivity index (χ0n) is 11.0. The molecule has 1 aromatic rings. The van der Waals surface area contributed by atoms with E-state index in [-0.39, 0.29) is 0 Å². The molecular weight excluding hydrogens is 224 g/mol. The average molecular weight is 246 g/mol. The number of likely N-dealkylation sites (N-methyl/N-ethyl adjacent to an activating group) is 1. The summed E-state index contributed by atoms with van der Waals surface area (Å²) < 4.78 is 0. The van der Waals surface area contributed by atoms with Gasteiger partial charge in [-0.1, -0.05) is 12.1 Å². The molecular formula is C14H22N4. The Balaban J connectivity index is 1.73. The third-order valence-electron chi connectivity index (χ3n) is 4.02. The van der Waals surface area contributed by atoms with Crippen LogP contribution < -0.4 is 15.5 Å². The minimum atomic E-state index is 0.616. The first-order chi connectivity index (χ1) is 8.84. The maximum absolute atomic E-state index is 3.49. The molecule has 0 bridgehead atoms. The first-order valence-electron chi connectivity index (χ1n) is 6.83. The van der Waals surface area contributed by atoms with Crippen molar-refractivity contribution >= 4 is 11.4 Å². The summed E-state index contributed by atoms with van der Waals surface area (Å²) in [6.45, 7) is 6.62. The Morgan fingerprint density at radius 3 is 3.00 bits per heavy atom. The molecule has 0 aliphatic carbocycles. The van der Waals surface area contributed by atoms with Crippen LogP contribution in [0.3, 0.4) is 0 Å². The zero-order chi connectivity index (χ0) is 12.4. The fourth-order valence-corrected chi connectivity index (χ4v) is 2.86. The average Bonchev–Trinajstić information content (AvgIpc) is 2.42. The van der Waals surface area contributed by atoms with E-state index in [9.17, 15) is 0 Å². The topological polar surface area (TPSA) is 30.5 Å². The Kier molecular flexibility index (Phi) is 3.39. The van der Waals surface area contributed by atoms with Gasteiger partial charge in [-0.25, -0.2) is 0 Å². The highest BCUT2D eigenvalue weighted by molar-refractivity contribution is 5.71. The van der Waals surface area contributed by atoms with E-state index in [1.165, 1.54) is 11.4 Å². The molecule has 4 nitrogen and oxygen atoms in total. The maximum atomic E-state index is 3.49. The monoisotopic (exact) mass is 246 g/mol. The SMILES string of the molecule is CN1CCNCC1CN1CCNc2ccccc21. The number of benzene rings is 1. The minimum absolute atomic E-state index is 0.616. The van der Waals surface area contributed by atoms with Crippen LogP contribution in [-0.4, -0.2) is 57.3 Å². The van der Waals surface area contributed by atoms with Crippen LogP contribution in [0.4, 0.5) is 11.4 Å². The van der Waals surface area contributed by atoms with Crippen LogP contribution in [0.15, 0.2) is 24.3 Å². The van der Waals surface area contributed by atoms with Crippen molar-refractivity contribution in [2.24, 2.45) is 0 Å². The maximum Gasteiger partial charge on any atom is 0.0603 e. The van der Waals surface area contributed by atoms with Gasteiger partial charge >= 0.3 is 0 Å². The van der Waals surface area contributed by atoms with Crippen molar-refractivity contribution in [3.63, 3.8) is 0 Å². The quantitative estimate of drug-likeness (QED) is 0.809. The van der Waals surface area contributed by atoms with Crippen LogP contribution in [0.2, 0.25) is 0 Å². The van der Waals surface area contributed by atoms with Gasteiger partial charge in [0.2, 0.25) is 0 Å². The van der Waals surface area contributed by atoms with Crippen LogP contribution in [-0.2, 0) is 0 Å². The van der Waals surface area contributed by atoms with Crippen molar-refractivity contribution < 1.29 is 0 Å². The minimum Gasteiger partial charge on any atom is -0.382 e. The van der Waals surface area contributed by atoms with Gasteiger partial charge in [0.1, 0.15) is 0 Å². The number of fused-ring (bicyclic) bond motifs is 1. The van der Waals surface area contributed by atoms with Crippen molar-refractivity contribution in [2.75, 3.05) is 56.5 Å². The number of nitrogens with one attached hydrogen (secondary N) is 2. The van der Waals surface area contributed by atoms with Crippen LogP contribution in [0.5, 0.6) is 0 Å². The summed E-state index contributed by atoms with van der Waals surface area (Å²) in [6, 6.07) is 9.23. The predicted molar refractivity (Wildman–Crippen MR) is 76.4 cm³/mol. The van der Waals surface area contributed by atoms with E-state index in [2.05, 4.69) is 51.7 Å². The van der Waals surface area contributed by atoms with Crippen molar-refractivity contribution in [3.8, 4) is 0 Å². The molecule has 2 heterocycles. The van der Waals surface area contributed by atoms with Gasteiger partial charge in [-0.15, -0.1) is 0 Å². The largest absolute Gasteiger partial charge is 0.382 e. The highest BCUT2D eigenvalue weighted by Gasteiger charge is 2.23. The molecule has 1 fully saturated rings. The summed E-state index contributed by atoms with van der Waals surface area (Å²) >= 11 is 0. The summed E-state index contributed by atoms with van der Waals surface area (Å²) in [6.07, 6.45) is 0. The van der Waals surface area contributed by atoms with Gasteiger partial charge in [0.25, 0.3) is 0 Å². The summed E-state index contributed by atoms with van der Waals surface area (Å²) in [5, 5.41) is 6.96. The molecule has 2 aliphatic heterocycles. The normalized spacial score (nSPS) is 24.5. The summed E-state index contributed by atoms with van der Waals surface area (Å²) in [5.41, 5.74) is 2.62. The molecule has 1 atom stereocenters. The molecule has 1 unspecified atom stereocenters. The molecule has 0 amide bonds. The molecule has 0 saturated carbocycles. The number of rotatable bonds is 2. The van der Waals surface area contributed by atoms with Gasteiger partial charge in [-0.05, 0) is 19.2 Å². The Bertz CT molecular complexity index is 407. The Morgan fingerprint density at radius 1 is 1.22 bits per heavy atom. The number of anilines is 2. The number of nitrogens with zero attached hydrogens (tertiary/aromatic N) is 2. The first kappa shape index (κ1) is 11.8. The van der Waals surface area contributed by atoms with Crippen LogP contribution in [0, 0.1) is 0 Å². The van der Waals surface area contributed by atoms with Crippen molar-refractivity contribution in [3.05, 3.63) is 24.3 Å². The smallest absolute Gasteiger partial charge is 0.0603 e. The van der Waals surface area contributed by atoms with Gasteiger partial charge in [0.05, 0.1) is 11.4 Å². The van der Waals surface area contributed by atoms with E-state index in [4.69, 9.17) is 0 Å². The van der Waals surface area contributed by atoms with Gasteiger partial charge in [0.15, 0.2) is 0 Å². The lowest BCUT2D eigenvalue weighted by Crippen LogP contribution is -2.55. The van der Waals surface area contributed by atoms with E-state index >= 15 is 0 Å². The van der Waals surface area contributed by atoms with E-state index in [0.717, 1.165) is 39.3 Å². The molecule has 0 radical (unpaired) electrons. The predicted octanol–water partition coefficient (Wildman–Crippen LogP) is 0.822. The molecule has 2 aliphatic rings. The van der Waals surface area contributed by atoms with Gasteiger partial charge in [-0.3, -0.25) is 4.90 Å². The number of piperazine rings is 1. The van der Waals surface area contributed by atoms with Crippen molar-refractivity contribution in [1.29, 1.82) is 0 Å². The molecule has 2 N–H and O–H groups in total. The van der Waals surface area contributed by atoms with Gasteiger partial charge in [0, 0.05) is 45.3 Å². The zero-order valence-corrected chi connectivity index (χ0v) is 11.0. The lowest BCUT2D eigenvalue weighted by Gasteiger charge is -2.39. The van der Waals surface area contributed by atoms with Crippen LogP contribution in [0.25, 0.3) is 0 Å². The second-order valence-electron chi connectivity index (χ2n) is 5.23. The molecule has 1 aromatic carbocycles. The van der Waals surface area contributed by atoms with E-state index < -0.39 is 0 Å². The van der Waals surface area contributed by atoms with Crippen molar-refractivity contribution in [1.82, 2.24) is 10.2 Å². The molecule has 0 spiro atoms. The molecule has 3 rings (SSSR count). The Morgan fingerprint density at radius 2 is 2.11 bits per heavy atom. The van der Waals surface area contributed by atoms with Crippen LogP contribution >= 0.6 is 0 Å². The summed E-state index contributed by atoms with van der Waals surface area (Å²) in [4.78, 5) is 4.99. The molecule has 4 heteroatoms. The second-order valence-corrected chi connectivity index (χ2v) is 5.23. The number of hydrogen-bond acceptors (Lipinski definition) is 4. The highest BCUT2D eigenvalue weighted by Crippen LogP contribution is 2.28. The second kappa shape index (κ2) is 5.16. The fraction of sp³-hybridized carbons (Fsp3) is 0.571. The summed E-state index contributed by atoms with van der Waals surface area (Å²) in [7, 11) is 2.24. The van der Waals surface area contributed by atoms with Gasteiger partial charge < -0.3 is 15.5 Å². The van der Waals surface area contributed by atoms with E-state index in [1.54, 1.807) is 0 Å². The fourth-order valence-electron chi connectivity index (χ4n) is 2.86. The Labute approximate surface area is 109 Å². The molecule has 98 valence electrons. The van der Waals surface area contributed by atoms with E-state index in [0.29, 0.717) is 6.04 Å². The molecule has 0 aromatic heterocycles. The number of para-hydroxylation sites is 2. The summed E-state index contributed by atoms with van der Waals surface area (Å²) in [5.74, 6) is 0. The van der Waals surface area contributed by atoms with E-state index in [1.807, 2.05) is 0 Å². The van der Waals surface area contributed by atoms with Gasteiger partial charge in [-0.2, -0.15) is 0 Å². The lowest BCUT2D eigenvalue weighted by atomic mass is 10.1. The first-order valence-corrected chi connectivity index (χ1v) is 6.83. The lowest BCUT2D eigenvalue weighted by molar-refractivity contribution is 0.202. The van der Waals surface area contributed by atoms with Crippen LogP contribution in [0.1, 0.15) is 0 Å². The third kappa shape index (κ3) is 2.31. The van der Waals surface area contributed by atoms with Crippen molar-refractivity contribution in [2.45, 2.75) is 6.04 Å². The number of hydrogen-bond donors (Lipinski definition) is 2. The highest BCUT2D eigenvalue weighted by atomic mass is 15.3. The molecule has 1 saturated heterocycles.